The maximum atomic E-state index is 10.4. The highest BCUT2D eigenvalue weighted by Gasteiger charge is 2.30. The van der Waals surface area contributed by atoms with Crippen LogP contribution in [0.15, 0.2) is 21.7 Å². The molecular weight excluding hydrogens is 159 g/mol. The molecule has 0 bridgehead atoms. The quantitative estimate of drug-likeness (QED) is 0.530. The van der Waals surface area contributed by atoms with E-state index in [1.165, 1.54) is 0 Å². The van der Waals surface area contributed by atoms with E-state index in [0.717, 1.165) is 6.20 Å². The largest absolute Gasteiger partial charge is 0.363 e. The van der Waals surface area contributed by atoms with Crippen LogP contribution in [0.5, 0.6) is 0 Å². The second-order valence-electron chi connectivity index (χ2n) is 1.58. The van der Waals surface area contributed by atoms with E-state index >= 15 is 0 Å². The molecule has 1 amide bonds. The lowest BCUT2D eigenvalue weighted by Crippen LogP contribution is -1.94. The molecule has 10 heavy (non-hydrogen) atoms. The smallest absolute Gasteiger partial charge is 0.321 e. The number of hydrogen-bond acceptors (Lipinski definition) is 3. The third-order valence-electron chi connectivity index (χ3n) is 0.862. The fourth-order valence-electron chi connectivity index (χ4n) is 0.442. The van der Waals surface area contributed by atoms with Crippen LogP contribution in [0.2, 0.25) is 0 Å². The van der Waals surface area contributed by atoms with Crippen LogP contribution in [0.3, 0.4) is 0 Å². The Balaban J connectivity index is 3.00. The van der Waals surface area contributed by atoms with Crippen molar-refractivity contribution in [3.63, 3.8) is 0 Å². The van der Waals surface area contributed by atoms with Crippen molar-refractivity contribution in [3.05, 3.63) is 11.5 Å². The number of azo groups is 1. The lowest BCUT2D eigenvalue weighted by molar-refractivity contribution is -0.113. The first-order valence-corrected chi connectivity index (χ1v) is 3.84. The SMILES string of the molecule is O=C1N=NC=C1P(=O)(O)O. The first kappa shape index (κ1) is 7.27. The van der Waals surface area contributed by atoms with Gasteiger partial charge in [0.05, 0.1) is 6.20 Å². The van der Waals surface area contributed by atoms with Crippen molar-refractivity contribution in [3.8, 4) is 0 Å². The van der Waals surface area contributed by atoms with E-state index in [9.17, 15) is 9.36 Å². The van der Waals surface area contributed by atoms with E-state index in [1.54, 1.807) is 0 Å². The van der Waals surface area contributed by atoms with E-state index in [-0.39, 0.29) is 0 Å². The third kappa shape index (κ3) is 1.18. The molecule has 1 rings (SSSR count). The van der Waals surface area contributed by atoms with Gasteiger partial charge in [-0.15, -0.1) is 5.11 Å². The van der Waals surface area contributed by atoms with Gasteiger partial charge in [-0.2, -0.15) is 5.11 Å². The monoisotopic (exact) mass is 162 g/mol. The lowest BCUT2D eigenvalue weighted by atomic mass is 10.6. The summed E-state index contributed by atoms with van der Waals surface area (Å²) in [6.45, 7) is 0. The Bertz CT molecular complexity index is 274. The Kier molecular flexibility index (Phi) is 1.52. The topological polar surface area (TPSA) is 99.3 Å². The molecule has 0 aromatic carbocycles. The molecule has 0 saturated heterocycles. The zero-order valence-corrected chi connectivity index (χ0v) is 5.52. The van der Waals surface area contributed by atoms with E-state index < -0.39 is 18.8 Å². The van der Waals surface area contributed by atoms with Crippen molar-refractivity contribution in [1.29, 1.82) is 0 Å². The molecule has 0 aromatic rings. The van der Waals surface area contributed by atoms with Crippen LogP contribution in [0.1, 0.15) is 0 Å². The molecule has 0 radical (unpaired) electrons. The van der Waals surface area contributed by atoms with Crippen LogP contribution >= 0.6 is 7.60 Å². The van der Waals surface area contributed by atoms with Gasteiger partial charge in [0.1, 0.15) is 0 Å². The van der Waals surface area contributed by atoms with Gasteiger partial charge in [-0.25, -0.2) is 0 Å². The van der Waals surface area contributed by atoms with E-state index in [4.69, 9.17) is 9.79 Å². The van der Waals surface area contributed by atoms with Crippen molar-refractivity contribution < 1.29 is 19.1 Å². The summed E-state index contributed by atoms with van der Waals surface area (Å²) in [5, 5.41) is 5.27. The molecule has 2 N–H and O–H groups in total. The van der Waals surface area contributed by atoms with Crippen LogP contribution in [-0.2, 0) is 9.36 Å². The summed E-state index contributed by atoms with van der Waals surface area (Å²) in [6.07, 6.45) is 0.767. The van der Waals surface area contributed by atoms with Gasteiger partial charge in [0, 0.05) is 0 Å². The molecule has 0 aromatic heterocycles. The number of carbonyl (C=O) groups excluding carboxylic acids is 1. The van der Waals surface area contributed by atoms with Crippen molar-refractivity contribution in [1.82, 2.24) is 0 Å². The molecule has 0 spiro atoms. The van der Waals surface area contributed by atoms with Crippen molar-refractivity contribution >= 4 is 13.5 Å². The minimum absolute atomic E-state index is 0.646. The zero-order valence-electron chi connectivity index (χ0n) is 4.63. The third-order valence-corrected chi connectivity index (χ3v) is 1.80. The maximum absolute atomic E-state index is 10.4. The molecule has 0 fully saturated rings. The van der Waals surface area contributed by atoms with Crippen molar-refractivity contribution in [2.24, 2.45) is 10.2 Å². The number of rotatable bonds is 1. The van der Waals surface area contributed by atoms with Crippen LogP contribution < -0.4 is 0 Å². The van der Waals surface area contributed by atoms with Gasteiger partial charge in [0.25, 0.3) is 0 Å². The minimum atomic E-state index is -4.45. The van der Waals surface area contributed by atoms with Crippen LogP contribution in [0.4, 0.5) is 0 Å². The average Bonchev–Trinajstić information content (AvgIpc) is 2.11. The Morgan fingerprint density at radius 1 is 1.50 bits per heavy atom. The number of nitrogens with zero attached hydrogens (tertiary/aromatic N) is 2. The van der Waals surface area contributed by atoms with Crippen LogP contribution in [-0.4, -0.2) is 15.7 Å². The summed E-state index contributed by atoms with van der Waals surface area (Å²) in [5.41, 5.74) is 0. The molecule has 1 aliphatic heterocycles. The van der Waals surface area contributed by atoms with Gasteiger partial charge in [0.15, 0.2) is 5.31 Å². The van der Waals surface area contributed by atoms with E-state index in [2.05, 4.69) is 10.2 Å². The molecule has 0 atom stereocenters. The molecule has 1 aliphatic rings. The summed E-state index contributed by atoms with van der Waals surface area (Å²) in [5.74, 6) is -0.965. The van der Waals surface area contributed by atoms with Gasteiger partial charge in [0.2, 0.25) is 0 Å². The van der Waals surface area contributed by atoms with Gasteiger partial charge in [-0.3, -0.25) is 9.36 Å². The Hall–Kier alpha value is -0.840. The summed E-state index contributed by atoms with van der Waals surface area (Å²) in [6, 6.07) is 0. The Morgan fingerprint density at radius 2 is 2.10 bits per heavy atom. The predicted molar refractivity (Wildman–Crippen MR) is 30.0 cm³/mol. The summed E-state index contributed by atoms with van der Waals surface area (Å²) < 4.78 is 10.3. The van der Waals surface area contributed by atoms with Crippen LogP contribution in [0.25, 0.3) is 0 Å². The fraction of sp³-hybridized carbons (Fsp3) is 0. The molecule has 0 unspecified atom stereocenters. The molecular formula is C3H3N2O4P. The lowest BCUT2D eigenvalue weighted by Gasteiger charge is -1.97. The van der Waals surface area contributed by atoms with Crippen LogP contribution in [0, 0.1) is 0 Å². The minimum Gasteiger partial charge on any atom is -0.321 e. The molecule has 0 aliphatic carbocycles. The number of hydrogen-bond donors (Lipinski definition) is 2. The van der Waals surface area contributed by atoms with Gasteiger partial charge in [-0.1, -0.05) is 0 Å². The summed E-state index contributed by atoms with van der Waals surface area (Å²) >= 11 is 0. The Morgan fingerprint density at radius 3 is 2.30 bits per heavy atom. The Labute approximate surface area is 55.4 Å². The summed E-state index contributed by atoms with van der Waals surface area (Å²) in [7, 11) is -4.45. The maximum Gasteiger partial charge on any atom is 0.363 e. The fourth-order valence-corrected chi connectivity index (χ4v) is 0.938. The van der Waals surface area contributed by atoms with Crippen molar-refractivity contribution in [2.75, 3.05) is 0 Å². The first-order chi connectivity index (χ1) is 4.52. The first-order valence-electron chi connectivity index (χ1n) is 2.23. The number of carbonyl (C=O) groups is 1. The molecule has 54 valence electrons. The summed E-state index contributed by atoms with van der Waals surface area (Å²) in [4.78, 5) is 27.2. The molecule has 1 heterocycles. The highest BCUT2D eigenvalue weighted by molar-refractivity contribution is 7.58. The molecule has 7 heteroatoms. The molecule has 0 saturated carbocycles. The zero-order chi connectivity index (χ0) is 7.78. The van der Waals surface area contributed by atoms with E-state index in [0.29, 0.717) is 0 Å². The second-order valence-corrected chi connectivity index (χ2v) is 3.15. The normalized spacial score (nSPS) is 17.8. The van der Waals surface area contributed by atoms with Gasteiger partial charge >= 0.3 is 13.5 Å². The van der Waals surface area contributed by atoms with Crippen molar-refractivity contribution in [2.45, 2.75) is 0 Å². The van der Waals surface area contributed by atoms with E-state index in [1.807, 2.05) is 0 Å². The highest BCUT2D eigenvalue weighted by Crippen LogP contribution is 2.46. The standard InChI is InChI=1S/C3H3N2O4P/c6-3-2(1-4-5-3)10(7,8)9/h1H,(H2,7,8,9). The second kappa shape index (κ2) is 2.09. The number of amides is 1. The van der Waals surface area contributed by atoms with Gasteiger partial charge in [-0.05, 0) is 0 Å². The average molecular weight is 162 g/mol. The molecule has 6 nitrogen and oxygen atoms in total. The van der Waals surface area contributed by atoms with Gasteiger partial charge < -0.3 is 9.79 Å². The highest BCUT2D eigenvalue weighted by atomic mass is 31.2. The predicted octanol–water partition coefficient (Wildman–Crippen LogP) is -0.00210.